The molecule has 1 saturated heterocycles. The van der Waals surface area contributed by atoms with Crippen LogP contribution in [-0.2, 0) is 6.54 Å². The highest BCUT2D eigenvalue weighted by molar-refractivity contribution is 5.97. The van der Waals surface area contributed by atoms with E-state index in [4.69, 9.17) is 10.9 Å². The Morgan fingerprint density at radius 2 is 2.10 bits per heavy atom. The van der Waals surface area contributed by atoms with Crippen molar-refractivity contribution in [1.82, 2.24) is 9.80 Å². The fraction of sp³-hybridized carbons (Fsp3) is 0.562. The third-order valence-electron chi connectivity index (χ3n) is 4.18. The van der Waals surface area contributed by atoms with Crippen LogP contribution >= 0.6 is 0 Å². The van der Waals surface area contributed by atoms with Gasteiger partial charge in [-0.15, -0.1) is 0 Å². The molecule has 1 heterocycles. The number of likely N-dealkylation sites (tertiary alicyclic amines) is 1. The van der Waals surface area contributed by atoms with Crippen molar-refractivity contribution in [2.75, 3.05) is 33.2 Å². The first-order chi connectivity index (χ1) is 10.1. The number of nitrogens with two attached hydrogens (primary N) is 1. The molecular formula is C16H26N4O. The summed E-state index contributed by atoms with van der Waals surface area (Å²) < 4.78 is 0. The molecule has 2 rings (SSSR count). The summed E-state index contributed by atoms with van der Waals surface area (Å²) in [5.41, 5.74) is 8.84. The van der Waals surface area contributed by atoms with Gasteiger partial charge in [-0.25, -0.2) is 0 Å². The maximum Gasteiger partial charge on any atom is 0.170 e. The van der Waals surface area contributed by atoms with Gasteiger partial charge in [-0.1, -0.05) is 17.3 Å². The zero-order chi connectivity index (χ0) is 15.2. The van der Waals surface area contributed by atoms with Gasteiger partial charge in [0.25, 0.3) is 0 Å². The van der Waals surface area contributed by atoms with Gasteiger partial charge in [-0.2, -0.15) is 0 Å². The molecule has 1 aromatic carbocycles. The van der Waals surface area contributed by atoms with Crippen LogP contribution in [0.3, 0.4) is 0 Å². The van der Waals surface area contributed by atoms with Crippen LogP contribution in [0.1, 0.15) is 29.5 Å². The minimum absolute atomic E-state index is 0.159. The summed E-state index contributed by atoms with van der Waals surface area (Å²) in [6.45, 7) is 7.73. The van der Waals surface area contributed by atoms with Crippen LogP contribution < -0.4 is 5.73 Å². The standard InChI is InChI=1S/C16H26N4O/c1-13-11-14(16(17)18-21)5-6-15(13)12-19(2)9-10-20-7-3-4-8-20/h5-6,11,21H,3-4,7-10,12H2,1-2H3,(H2,17,18). The lowest BCUT2D eigenvalue weighted by Crippen LogP contribution is -2.31. The number of nitrogens with zero attached hydrogens (tertiary/aromatic N) is 3. The molecular weight excluding hydrogens is 264 g/mol. The molecule has 0 atom stereocenters. The van der Waals surface area contributed by atoms with E-state index in [9.17, 15) is 0 Å². The molecule has 1 aliphatic heterocycles. The van der Waals surface area contributed by atoms with Gasteiger partial charge in [0.2, 0.25) is 0 Å². The summed E-state index contributed by atoms with van der Waals surface area (Å²) in [7, 11) is 2.16. The maximum absolute atomic E-state index is 8.72. The Labute approximate surface area is 127 Å². The molecule has 5 nitrogen and oxygen atoms in total. The largest absolute Gasteiger partial charge is 0.409 e. The molecule has 0 amide bonds. The summed E-state index contributed by atoms with van der Waals surface area (Å²) in [6, 6.07) is 5.94. The van der Waals surface area contributed by atoms with Gasteiger partial charge < -0.3 is 20.7 Å². The molecule has 3 N–H and O–H groups in total. The number of hydrogen-bond acceptors (Lipinski definition) is 4. The average Bonchev–Trinajstić information content (AvgIpc) is 2.99. The normalized spacial score (nSPS) is 16.8. The van der Waals surface area contributed by atoms with Crippen molar-refractivity contribution in [2.24, 2.45) is 10.9 Å². The summed E-state index contributed by atoms with van der Waals surface area (Å²) in [6.07, 6.45) is 2.69. The van der Waals surface area contributed by atoms with Crippen LogP contribution in [0.5, 0.6) is 0 Å². The van der Waals surface area contributed by atoms with Crippen molar-refractivity contribution in [2.45, 2.75) is 26.3 Å². The summed E-state index contributed by atoms with van der Waals surface area (Å²) >= 11 is 0. The van der Waals surface area contributed by atoms with Crippen LogP contribution in [0.25, 0.3) is 0 Å². The second kappa shape index (κ2) is 7.43. The van der Waals surface area contributed by atoms with Gasteiger partial charge >= 0.3 is 0 Å². The molecule has 5 heteroatoms. The van der Waals surface area contributed by atoms with Crippen LogP contribution in [0, 0.1) is 6.92 Å². The lowest BCUT2D eigenvalue weighted by Gasteiger charge is -2.22. The maximum atomic E-state index is 8.72. The predicted molar refractivity (Wildman–Crippen MR) is 85.7 cm³/mol. The fourth-order valence-electron chi connectivity index (χ4n) is 2.78. The highest BCUT2D eigenvalue weighted by Crippen LogP contribution is 2.13. The van der Waals surface area contributed by atoms with Crippen molar-refractivity contribution < 1.29 is 5.21 Å². The monoisotopic (exact) mass is 290 g/mol. The van der Waals surface area contributed by atoms with Crippen molar-refractivity contribution >= 4 is 5.84 Å². The molecule has 0 spiro atoms. The van der Waals surface area contributed by atoms with E-state index in [1.807, 2.05) is 12.1 Å². The van der Waals surface area contributed by atoms with E-state index in [0.29, 0.717) is 0 Å². The van der Waals surface area contributed by atoms with Gasteiger partial charge in [-0.3, -0.25) is 0 Å². The van der Waals surface area contributed by atoms with Gasteiger partial charge in [-0.05, 0) is 57.1 Å². The second-order valence-corrected chi connectivity index (χ2v) is 5.91. The fourth-order valence-corrected chi connectivity index (χ4v) is 2.78. The second-order valence-electron chi connectivity index (χ2n) is 5.91. The summed E-state index contributed by atoms with van der Waals surface area (Å²) in [5, 5.41) is 11.8. The van der Waals surface area contributed by atoms with E-state index in [1.54, 1.807) is 0 Å². The van der Waals surface area contributed by atoms with Gasteiger partial charge in [0, 0.05) is 25.2 Å². The zero-order valence-corrected chi connectivity index (χ0v) is 13.0. The van der Waals surface area contributed by atoms with Crippen LogP contribution in [0.4, 0.5) is 0 Å². The molecule has 1 aromatic rings. The molecule has 0 radical (unpaired) electrons. The molecule has 0 aromatic heterocycles. The number of likely N-dealkylation sites (N-methyl/N-ethyl adjacent to an activating group) is 1. The van der Waals surface area contributed by atoms with Crippen LogP contribution in [0.2, 0.25) is 0 Å². The Morgan fingerprint density at radius 1 is 1.38 bits per heavy atom. The molecule has 0 saturated carbocycles. The van der Waals surface area contributed by atoms with E-state index in [1.165, 1.54) is 37.1 Å². The van der Waals surface area contributed by atoms with Gasteiger partial charge in [0.15, 0.2) is 5.84 Å². The zero-order valence-electron chi connectivity index (χ0n) is 13.0. The van der Waals surface area contributed by atoms with Gasteiger partial charge in [0.05, 0.1) is 0 Å². The number of oxime groups is 1. The Hall–Kier alpha value is -1.59. The first-order valence-electron chi connectivity index (χ1n) is 7.58. The molecule has 0 aliphatic carbocycles. The lowest BCUT2D eigenvalue weighted by molar-refractivity contribution is 0.252. The number of amidine groups is 1. The number of rotatable bonds is 6. The van der Waals surface area contributed by atoms with Crippen molar-refractivity contribution in [1.29, 1.82) is 0 Å². The molecule has 21 heavy (non-hydrogen) atoms. The predicted octanol–water partition coefficient (Wildman–Crippen LogP) is 1.62. The Bertz CT molecular complexity index is 495. The van der Waals surface area contributed by atoms with Gasteiger partial charge in [0.1, 0.15) is 0 Å². The van der Waals surface area contributed by atoms with Crippen molar-refractivity contribution in [3.8, 4) is 0 Å². The summed E-state index contributed by atoms with van der Waals surface area (Å²) in [5.74, 6) is 0.159. The van der Waals surface area contributed by atoms with Crippen LogP contribution in [-0.4, -0.2) is 54.1 Å². The average molecular weight is 290 g/mol. The first kappa shape index (κ1) is 15.8. The molecule has 1 aliphatic rings. The van der Waals surface area contributed by atoms with E-state index in [-0.39, 0.29) is 5.84 Å². The summed E-state index contributed by atoms with van der Waals surface area (Å²) in [4.78, 5) is 4.88. The minimum atomic E-state index is 0.159. The number of aryl methyl sites for hydroxylation is 1. The quantitative estimate of drug-likeness (QED) is 0.362. The minimum Gasteiger partial charge on any atom is -0.409 e. The molecule has 116 valence electrons. The van der Waals surface area contributed by atoms with E-state index in [0.717, 1.165) is 25.2 Å². The third-order valence-corrected chi connectivity index (χ3v) is 4.18. The van der Waals surface area contributed by atoms with E-state index in [2.05, 4.69) is 35.0 Å². The lowest BCUT2D eigenvalue weighted by atomic mass is 10.0. The third kappa shape index (κ3) is 4.44. The highest BCUT2D eigenvalue weighted by Gasteiger charge is 2.12. The molecule has 0 bridgehead atoms. The smallest absolute Gasteiger partial charge is 0.170 e. The van der Waals surface area contributed by atoms with Crippen LogP contribution in [0.15, 0.2) is 23.4 Å². The number of hydrogen-bond donors (Lipinski definition) is 2. The Morgan fingerprint density at radius 3 is 2.71 bits per heavy atom. The van der Waals surface area contributed by atoms with E-state index >= 15 is 0 Å². The molecule has 0 unspecified atom stereocenters. The highest BCUT2D eigenvalue weighted by atomic mass is 16.4. The SMILES string of the molecule is Cc1cc(/C(N)=N/O)ccc1CN(C)CCN1CCCC1. The van der Waals surface area contributed by atoms with Crippen molar-refractivity contribution in [3.63, 3.8) is 0 Å². The Balaban J connectivity index is 1.89. The van der Waals surface area contributed by atoms with E-state index < -0.39 is 0 Å². The Kier molecular flexibility index (Phi) is 5.59. The topological polar surface area (TPSA) is 65.1 Å². The first-order valence-corrected chi connectivity index (χ1v) is 7.58. The number of benzene rings is 1. The van der Waals surface area contributed by atoms with Crippen molar-refractivity contribution in [3.05, 3.63) is 34.9 Å². The molecule has 1 fully saturated rings.